The van der Waals surface area contributed by atoms with E-state index in [1.807, 2.05) is 19.9 Å². The fraction of sp³-hybridized carbons (Fsp3) is 0.538. The molecule has 0 unspecified atom stereocenters. The van der Waals surface area contributed by atoms with E-state index in [9.17, 15) is 9.59 Å². The standard InChI is InChI=1S/C13H16O2/c1-8-7-11(14)13(3)9(2)5-4-6-10(13)12(8)15/h4-5,7,9-10H,6H2,1-3H3/t9-,10-,13-/m1/s1. The van der Waals surface area contributed by atoms with E-state index in [0.717, 1.165) is 0 Å². The minimum atomic E-state index is -0.509. The molecule has 0 heterocycles. The van der Waals surface area contributed by atoms with Crippen LogP contribution in [0.1, 0.15) is 27.2 Å². The van der Waals surface area contributed by atoms with Crippen LogP contribution in [-0.2, 0) is 9.59 Å². The van der Waals surface area contributed by atoms with Gasteiger partial charge in [-0.3, -0.25) is 9.59 Å². The molecule has 0 amide bonds. The van der Waals surface area contributed by atoms with Crippen molar-refractivity contribution in [3.05, 3.63) is 23.8 Å². The lowest BCUT2D eigenvalue weighted by Crippen LogP contribution is -2.48. The highest BCUT2D eigenvalue weighted by atomic mass is 16.1. The molecule has 0 fully saturated rings. The Hall–Kier alpha value is -1.18. The van der Waals surface area contributed by atoms with Crippen LogP contribution in [0.2, 0.25) is 0 Å². The van der Waals surface area contributed by atoms with Crippen molar-refractivity contribution in [1.82, 2.24) is 0 Å². The molecule has 0 saturated heterocycles. The molecule has 0 bridgehead atoms. The molecule has 15 heavy (non-hydrogen) atoms. The van der Waals surface area contributed by atoms with E-state index in [-0.39, 0.29) is 23.4 Å². The Bertz CT molecular complexity index is 389. The molecular formula is C13H16O2. The fourth-order valence-electron chi connectivity index (χ4n) is 2.65. The van der Waals surface area contributed by atoms with Gasteiger partial charge in [0.05, 0.1) is 0 Å². The second-order valence-corrected chi connectivity index (χ2v) is 4.84. The van der Waals surface area contributed by atoms with Gasteiger partial charge in [-0.15, -0.1) is 0 Å². The second kappa shape index (κ2) is 3.16. The first-order chi connectivity index (χ1) is 6.98. The molecule has 0 radical (unpaired) electrons. The van der Waals surface area contributed by atoms with Gasteiger partial charge in [-0.25, -0.2) is 0 Å². The first kappa shape index (κ1) is 10.3. The number of carbonyl (C=O) groups excluding carboxylic acids is 2. The molecule has 0 aromatic rings. The number of allylic oxidation sites excluding steroid dienone is 4. The predicted octanol–water partition coefficient (Wildman–Crippen LogP) is 2.30. The molecule has 0 aliphatic heterocycles. The van der Waals surface area contributed by atoms with Crippen LogP contribution in [0.15, 0.2) is 23.8 Å². The Kier molecular flexibility index (Phi) is 2.18. The Morgan fingerprint density at radius 2 is 2.07 bits per heavy atom. The zero-order valence-corrected chi connectivity index (χ0v) is 9.41. The zero-order valence-electron chi connectivity index (χ0n) is 9.41. The molecule has 2 rings (SSSR count). The van der Waals surface area contributed by atoms with Crippen LogP contribution in [-0.4, -0.2) is 11.6 Å². The summed E-state index contributed by atoms with van der Waals surface area (Å²) in [5, 5.41) is 0. The Balaban J connectivity index is 2.55. The second-order valence-electron chi connectivity index (χ2n) is 4.84. The third kappa shape index (κ3) is 1.24. The Morgan fingerprint density at radius 3 is 2.73 bits per heavy atom. The molecule has 2 nitrogen and oxygen atoms in total. The molecule has 0 aromatic carbocycles. The molecule has 0 N–H and O–H groups in total. The molecule has 3 atom stereocenters. The molecule has 80 valence electrons. The van der Waals surface area contributed by atoms with Gasteiger partial charge in [-0.05, 0) is 30.9 Å². The maximum Gasteiger partial charge on any atom is 0.163 e. The first-order valence-electron chi connectivity index (χ1n) is 5.41. The van der Waals surface area contributed by atoms with E-state index in [4.69, 9.17) is 0 Å². The summed E-state index contributed by atoms with van der Waals surface area (Å²) in [6.45, 7) is 5.68. The number of fused-ring (bicyclic) bond motifs is 1. The van der Waals surface area contributed by atoms with Gasteiger partial charge in [0.15, 0.2) is 11.6 Å². The van der Waals surface area contributed by atoms with E-state index in [1.54, 1.807) is 6.92 Å². The quantitative estimate of drug-likeness (QED) is 0.567. The smallest absolute Gasteiger partial charge is 0.163 e. The Morgan fingerprint density at radius 1 is 1.40 bits per heavy atom. The van der Waals surface area contributed by atoms with Crippen molar-refractivity contribution < 1.29 is 9.59 Å². The van der Waals surface area contributed by atoms with Crippen LogP contribution >= 0.6 is 0 Å². The average Bonchev–Trinajstić information content (AvgIpc) is 2.19. The third-order valence-electron chi connectivity index (χ3n) is 4.05. The van der Waals surface area contributed by atoms with Crippen LogP contribution in [0.4, 0.5) is 0 Å². The summed E-state index contributed by atoms with van der Waals surface area (Å²) in [5.41, 5.74) is 0.107. The highest BCUT2D eigenvalue weighted by Gasteiger charge is 2.50. The van der Waals surface area contributed by atoms with Crippen LogP contribution in [0.3, 0.4) is 0 Å². The summed E-state index contributed by atoms with van der Waals surface area (Å²) >= 11 is 0. The first-order valence-corrected chi connectivity index (χ1v) is 5.41. The minimum absolute atomic E-state index is 0.112. The van der Waals surface area contributed by atoms with Gasteiger partial charge in [0.25, 0.3) is 0 Å². The van der Waals surface area contributed by atoms with Crippen molar-refractivity contribution in [3.63, 3.8) is 0 Å². The van der Waals surface area contributed by atoms with Gasteiger partial charge in [0.1, 0.15) is 0 Å². The van der Waals surface area contributed by atoms with Gasteiger partial charge in [0, 0.05) is 11.3 Å². The van der Waals surface area contributed by atoms with Crippen LogP contribution in [0, 0.1) is 17.3 Å². The third-order valence-corrected chi connectivity index (χ3v) is 4.05. The summed E-state index contributed by atoms with van der Waals surface area (Å²) in [6, 6.07) is 0. The van der Waals surface area contributed by atoms with Crippen LogP contribution < -0.4 is 0 Å². The Labute approximate surface area is 90.1 Å². The van der Waals surface area contributed by atoms with Crippen molar-refractivity contribution in [2.24, 2.45) is 17.3 Å². The van der Waals surface area contributed by atoms with Crippen molar-refractivity contribution in [2.45, 2.75) is 27.2 Å². The lowest BCUT2D eigenvalue weighted by atomic mass is 9.58. The van der Waals surface area contributed by atoms with Gasteiger partial charge < -0.3 is 0 Å². The van der Waals surface area contributed by atoms with Gasteiger partial charge >= 0.3 is 0 Å². The molecule has 0 spiro atoms. The van der Waals surface area contributed by atoms with E-state index in [0.29, 0.717) is 12.0 Å². The number of carbonyl (C=O) groups is 2. The van der Waals surface area contributed by atoms with Crippen molar-refractivity contribution >= 4 is 11.6 Å². The summed E-state index contributed by atoms with van der Waals surface area (Å²) in [4.78, 5) is 24.1. The minimum Gasteiger partial charge on any atom is -0.294 e. The van der Waals surface area contributed by atoms with E-state index in [2.05, 4.69) is 6.08 Å². The summed E-state index contributed by atoms with van der Waals surface area (Å²) in [7, 11) is 0. The molecule has 2 aliphatic rings. The summed E-state index contributed by atoms with van der Waals surface area (Å²) in [5.74, 6) is 0.266. The normalized spacial score (nSPS) is 40.1. The lowest BCUT2D eigenvalue weighted by molar-refractivity contribution is -0.138. The number of hydrogen-bond acceptors (Lipinski definition) is 2. The van der Waals surface area contributed by atoms with Crippen molar-refractivity contribution in [2.75, 3.05) is 0 Å². The van der Waals surface area contributed by atoms with Crippen LogP contribution in [0.25, 0.3) is 0 Å². The monoisotopic (exact) mass is 204 g/mol. The van der Waals surface area contributed by atoms with E-state index >= 15 is 0 Å². The van der Waals surface area contributed by atoms with E-state index in [1.165, 1.54) is 6.08 Å². The number of ketones is 2. The highest BCUT2D eigenvalue weighted by molar-refractivity contribution is 6.12. The maximum absolute atomic E-state index is 12.1. The number of hydrogen-bond donors (Lipinski definition) is 0. The lowest BCUT2D eigenvalue weighted by Gasteiger charge is -2.43. The summed E-state index contributed by atoms with van der Waals surface area (Å²) < 4.78 is 0. The number of Topliss-reactive ketones (excluding diaryl/α,β-unsaturated/α-hetero) is 1. The topological polar surface area (TPSA) is 34.1 Å². The molecular weight excluding hydrogens is 188 g/mol. The van der Waals surface area contributed by atoms with Gasteiger partial charge in [-0.1, -0.05) is 26.0 Å². The molecule has 2 aliphatic carbocycles. The van der Waals surface area contributed by atoms with Crippen LogP contribution in [0.5, 0.6) is 0 Å². The van der Waals surface area contributed by atoms with Crippen molar-refractivity contribution in [1.29, 1.82) is 0 Å². The van der Waals surface area contributed by atoms with E-state index < -0.39 is 5.41 Å². The SMILES string of the molecule is CC1=CC(=O)[C@]2(C)[C@H](C)C=CC[C@@H]2C1=O. The van der Waals surface area contributed by atoms with Crippen molar-refractivity contribution in [3.8, 4) is 0 Å². The molecule has 2 heteroatoms. The van der Waals surface area contributed by atoms with Gasteiger partial charge in [-0.2, -0.15) is 0 Å². The number of rotatable bonds is 0. The van der Waals surface area contributed by atoms with Gasteiger partial charge in [0.2, 0.25) is 0 Å². The molecule has 0 saturated carbocycles. The fourth-order valence-corrected chi connectivity index (χ4v) is 2.65. The predicted molar refractivity (Wildman–Crippen MR) is 58.3 cm³/mol. The summed E-state index contributed by atoms with van der Waals surface area (Å²) in [6.07, 6.45) is 6.31. The molecule has 0 aromatic heterocycles. The largest absolute Gasteiger partial charge is 0.294 e. The maximum atomic E-state index is 12.1. The zero-order chi connectivity index (χ0) is 11.2. The highest BCUT2D eigenvalue weighted by Crippen LogP contribution is 2.46. The average molecular weight is 204 g/mol.